The van der Waals surface area contributed by atoms with Gasteiger partial charge < -0.3 is 10.4 Å². The van der Waals surface area contributed by atoms with E-state index in [1.54, 1.807) is 18.2 Å². The Labute approximate surface area is 187 Å². The number of carbonyl (C=O) groups is 2. The molecule has 0 unspecified atom stereocenters. The molecule has 0 bridgehead atoms. The van der Waals surface area contributed by atoms with Crippen LogP contribution in [0.1, 0.15) is 10.4 Å². The van der Waals surface area contributed by atoms with Crippen LogP contribution in [-0.4, -0.2) is 23.1 Å². The minimum atomic E-state index is -2.34. The Balaban J connectivity index is 1.83. The van der Waals surface area contributed by atoms with E-state index in [4.69, 9.17) is 0 Å². The molecule has 0 atom stereocenters. The van der Waals surface area contributed by atoms with Gasteiger partial charge in [0.2, 0.25) is 0 Å². The molecule has 0 aliphatic carbocycles. The summed E-state index contributed by atoms with van der Waals surface area (Å²) in [5, 5.41) is 15.7. The van der Waals surface area contributed by atoms with Gasteiger partial charge in [0.15, 0.2) is 6.16 Å². The van der Waals surface area contributed by atoms with Crippen LogP contribution in [0.4, 0.5) is 5.69 Å². The number of rotatable bonds is 7. The topological polar surface area (TPSA) is 66.4 Å². The van der Waals surface area contributed by atoms with Crippen molar-refractivity contribution in [3.8, 4) is 0 Å². The van der Waals surface area contributed by atoms with Crippen LogP contribution in [0.15, 0.2) is 115 Å². The first-order valence-electron chi connectivity index (χ1n) is 10.3. The van der Waals surface area contributed by atoms with Crippen LogP contribution in [0.5, 0.6) is 0 Å². The predicted octanol–water partition coefficient (Wildman–Crippen LogP) is 4.32. The number of hydrogen-bond donors (Lipinski definition) is 2. The van der Waals surface area contributed by atoms with Crippen LogP contribution in [0.3, 0.4) is 0 Å². The highest BCUT2D eigenvalue weighted by Gasteiger charge is 2.47. The highest BCUT2D eigenvalue weighted by Crippen LogP contribution is 2.55. The summed E-state index contributed by atoms with van der Waals surface area (Å²) in [6, 6.07) is 36.8. The van der Waals surface area contributed by atoms with E-state index in [-0.39, 0.29) is 17.6 Å². The Morgan fingerprint density at radius 1 is 0.625 bits per heavy atom. The van der Waals surface area contributed by atoms with Crippen LogP contribution >= 0.6 is 7.26 Å². The monoisotopic (exact) mass is 440 g/mol. The van der Waals surface area contributed by atoms with Crippen molar-refractivity contribution in [1.29, 1.82) is 0 Å². The van der Waals surface area contributed by atoms with Crippen LogP contribution in [0.2, 0.25) is 0 Å². The van der Waals surface area contributed by atoms with Gasteiger partial charge in [0, 0.05) is 0 Å². The summed E-state index contributed by atoms with van der Waals surface area (Å²) in [4.78, 5) is 25.1. The molecule has 0 fully saturated rings. The molecule has 0 saturated carbocycles. The first-order valence-corrected chi connectivity index (χ1v) is 12.3. The van der Waals surface area contributed by atoms with Gasteiger partial charge in [-0.05, 0) is 48.5 Å². The van der Waals surface area contributed by atoms with Gasteiger partial charge in [-0.25, -0.2) is 4.79 Å². The summed E-state index contributed by atoms with van der Waals surface area (Å²) in [6.45, 7) is 0. The van der Waals surface area contributed by atoms with E-state index in [2.05, 4.69) is 41.7 Å². The van der Waals surface area contributed by atoms with Crippen LogP contribution < -0.4 is 21.2 Å². The molecular weight excluding hydrogens is 417 g/mol. The normalized spacial score (nSPS) is 11.0. The number of carboxylic acids is 1. The molecule has 0 aromatic heterocycles. The van der Waals surface area contributed by atoms with Crippen molar-refractivity contribution in [2.45, 2.75) is 0 Å². The molecule has 5 heteroatoms. The van der Waals surface area contributed by atoms with Gasteiger partial charge in [-0.2, -0.15) is 0 Å². The van der Waals surface area contributed by atoms with E-state index in [0.29, 0.717) is 5.69 Å². The molecule has 0 spiro atoms. The van der Waals surface area contributed by atoms with Crippen LogP contribution in [0, 0.1) is 0 Å². The zero-order valence-electron chi connectivity index (χ0n) is 17.4. The quantitative estimate of drug-likeness (QED) is 0.421. The number of para-hydroxylation sites is 1. The summed E-state index contributed by atoms with van der Waals surface area (Å²) >= 11 is 0. The SMILES string of the molecule is O=C(C[P+](c1ccccc1)(c1ccccc1)c1ccccc1)Nc1ccccc1C(=O)O. The summed E-state index contributed by atoms with van der Waals surface area (Å²) in [6.07, 6.45) is 0.221. The van der Waals surface area contributed by atoms with Crippen molar-refractivity contribution < 1.29 is 14.7 Å². The van der Waals surface area contributed by atoms with E-state index in [1.807, 2.05) is 54.6 Å². The summed E-state index contributed by atoms with van der Waals surface area (Å²) in [7, 11) is -2.34. The predicted molar refractivity (Wildman–Crippen MR) is 132 cm³/mol. The van der Waals surface area contributed by atoms with E-state index in [9.17, 15) is 14.7 Å². The first-order chi connectivity index (χ1) is 15.6. The van der Waals surface area contributed by atoms with Crippen LogP contribution in [0.25, 0.3) is 0 Å². The molecule has 0 aliphatic rings. The number of nitrogens with one attached hydrogen (secondary N) is 1. The lowest BCUT2D eigenvalue weighted by Gasteiger charge is -2.27. The second-order valence-corrected chi connectivity index (χ2v) is 10.9. The Kier molecular flexibility index (Phi) is 6.44. The van der Waals surface area contributed by atoms with Crippen molar-refractivity contribution in [2.75, 3.05) is 11.5 Å². The fraction of sp³-hybridized carbons (Fsp3) is 0.0370. The lowest BCUT2D eigenvalue weighted by molar-refractivity contribution is -0.113. The summed E-state index contributed by atoms with van der Waals surface area (Å²) in [5.74, 6) is -1.29. The Morgan fingerprint density at radius 3 is 1.47 bits per heavy atom. The van der Waals surface area contributed by atoms with Gasteiger partial charge in [-0.15, -0.1) is 0 Å². The second-order valence-electron chi connectivity index (χ2n) is 7.37. The molecule has 0 radical (unpaired) electrons. The molecule has 4 rings (SSSR count). The van der Waals surface area contributed by atoms with Crippen molar-refractivity contribution >= 4 is 40.7 Å². The highest BCUT2D eigenvalue weighted by atomic mass is 31.2. The minimum Gasteiger partial charge on any atom is -0.478 e. The van der Waals surface area contributed by atoms with E-state index in [1.165, 1.54) is 6.07 Å². The Hall–Kier alpha value is -3.75. The third-order valence-corrected chi connectivity index (χ3v) is 9.70. The molecular formula is C27H23NO3P+. The first kappa shape index (κ1) is 21.5. The van der Waals surface area contributed by atoms with E-state index < -0.39 is 13.2 Å². The lowest BCUT2D eigenvalue weighted by atomic mass is 10.2. The molecule has 0 saturated heterocycles. The number of carbonyl (C=O) groups excluding carboxylic acids is 1. The lowest BCUT2D eigenvalue weighted by Crippen LogP contribution is -2.37. The summed E-state index contributed by atoms with van der Waals surface area (Å²) < 4.78 is 0. The number of amides is 1. The summed E-state index contributed by atoms with van der Waals surface area (Å²) in [5.41, 5.74) is 0.376. The highest BCUT2D eigenvalue weighted by molar-refractivity contribution is 7.96. The molecule has 4 aromatic rings. The van der Waals surface area contributed by atoms with Crippen LogP contribution in [-0.2, 0) is 4.79 Å². The molecule has 1 amide bonds. The van der Waals surface area contributed by atoms with Gasteiger partial charge in [0.1, 0.15) is 23.2 Å². The van der Waals surface area contributed by atoms with Gasteiger partial charge in [0.25, 0.3) is 5.91 Å². The zero-order chi connectivity index (χ0) is 22.4. The van der Waals surface area contributed by atoms with Crippen molar-refractivity contribution in [3.05, 3.63) is 121 Å². The number of aromatic carboxylic acids is 1. The van der Waals surface area contributed by atoms with E-state index in [0.717, 1.165) is 15.9 Å². The number of hydrogen-bond acceptors (Lipinski definition) is 2. The maximum atomic E-state index is 13.4. The Morgan fingerprint density at radius 2 is 1.03 bits per heavy atom. The molecule has 32 heavy (non-hydrogen) atoms. The zero-order valence-corrected chi connectivity index (χ0v) is 18.3. The standard InChI is InChI=1S/C27H22NO3P/c29-26(28-25-19-11-10-18-24(25)27(30)31)20-32(21-12-4-1-5-13-21,22-14-6-2-7-15-22)23-16-8-3-9-17-23/h1-19H,20H2,(H-,28,29,30,31)/p+1. The van der Waals surface area contributed by atoms with E-state index >= 15 is 0 Å². The van der Waals surface area contributed by atoms with Gasteiger partial charge in [-0.1, -0.05) is 66.7 Å². The molecule has 158 valence electrons. The van der Waals surface area contributed by atoms with Gasteiger partial charge in [0.05, 0.1) is 11.3 Å². The molecule has 0 heterocycles. The Bertz CT molecular complexity index is 1110. The third kappa shape index (κ3) is 4.32. The fourth-order valence-corrected chi connectivity index (χ4v) is 7.95. The molecule has 4 aromatic carbocycles. The van der Waals surface area contributed by atoms with Gasteiger partial charge in [-0.3, -0.25) is 4.79 Å². The minimum absolute atomic E-state index is 0.0731. The number of anilines is 1. The fourth-order valence-electron chi connectivity index (χ4n) is 3.95. The van der Waals surface area contributed by atoms with Crippen molar-refractivity contribution in [3.63, 3.8) is 0 Å². The van der Waals surface area contributed by atoms with Crippen molar-refractivity contribution in [1.82, 2.24) is 0 Å². The second kappa shape index (κ2) is 9.59. The molecule has 0 aliphatic heterocycles. The average molecular weight is 440 g/mol. The maximum Gasteiger partial charge on any atom is 0.337 e. The third-order valence-electron chi connectivity index (χ3n) is 5.40. The van der Waals surface area contributed by atoms with Crippen molar-refractivity contribution in [2.24, 2.45) is 0 Å². The maximum absolute atomic E-state index is 13.4. The molecule has 2 N–H and O–H groups in total. The number of benzene rings is 4. The molecule has 4 nitrogen and oxygen atoms in total. The largest absolute Gasteiger partial charge is 0.478 e. The average Bonchev–Trinajstić information content (AvgIpc) is 2.84. The van der Waals surface area contributed by atoms with Gasteiger partial charge >= 0.3 is 5.97 Å². The number of carboxylic acid groups (broad SMARTS) is 1. The smallest absolute Gasteiger partial charge is 0.337 e.